The molecule has 0 saturated heterocycles. The molecule has 1 N–H and O–H groups in total. The van der Waals surface area contributed by atoms with E-state index in [9.17, 15) is 4.91 Å². The van der Waals surface area contributed by atoms with Gasteiger partial charge in [-0.2, -0.15) is 0 Å². The van der Waals surface area contributed by atoms with E-state index in [4.69, 9.17) is 0 Å². The van der Waals surface area contributed by atoms with Crippen molar-refractivity contribution < 1.29 is 0 Å². The van der Waals surface area contributed by atoms with E-state index in [0.29, 0.717) is 16.3 Å². The molecule has 0 aliphatic rings. The van der Waals surface area contributed by atoms with Crippen molar-refractivity contribution in [3.63, 3.8) is 0 Å². The molecule has 1 heterocycles. The second-order valence-electron chi connectivity index (χ2n) is 3.20. The van der Waals surface area contributed by atoms with E-state index in [2.05, 4.69) is 20.7 Å². The zero-order chi connectivity index (χ0) is 11.5. The fourth-order valence-electron chi connectivity index (χ4n) is 1.35. The van der Waals surface area contributed by atoms with Crippen molar-refractivity contribution in [3.05, 3.63) is 28.1 Å². The van der Waals surface area contributed by atoms with E-state index in [1.807, 2.05) is 20.0 Å². The number of nitroso groups, excluding NO2 is 1. The topological polar surface area (TPSA) is 67.2 Å². The number of anilines is 1. The Morgan fingerprint density at radius 2 is 2.19 bits per heavy atom. The molecule has 0 atom stereocenters. The number of nitrogens with one attached hydrogen (secondary N) is 1. The molecule has 0 bridgehead atoms. The highest BCUT2D eigenvalue weighted by Gasteiger charge is 2.11. The first-order valence-electron chi connectivity index (χ1n) is 4.70. The van der Waals surface area contributed by atoms with Crippen molar-refractivity contribution in [1.82, 2.24) is 10.2 Å². The van der Waals surface area contributed by atoms with Crippen LogP contribution in [0.3, 0.4) is 0 Å². The Morgan fingerprint density at radius 3 is 2.75 bits per heavy atom. The molecule has 82 valence electrons. The number of hydrogen-bond donors (Lipinski definition) is 1. The molecule has 0 fully saturated rings. The number of benzene rings is 1. The summed E-state index contributed by atoms with van der Waals surface area (Å²) in [5, 5.41) is 15.5. The second kappa shape index (κ2) is 4.36. The van der Waals surface area contributed by atoms with Crippen molar-refractivity contribution in [2.45, 2.75) is 6.92 Å². The monoisotopic (exact) mass is 234 g/mol. The maximum atomic E-state index is 10.7. The lowest BCUT2D eigenvalue weighted by molar-refractivity contribution is 1.05. The standard InChI is InChI=1S/C10H10N4OS/c1-6-12-13-10(16-6)8-5-7(11-2)3-4-9(8)14-15/h3-5,11H,1-2H3. The second-order valence-corrected chi connectivity index (χ2v) is 4.38. The number of aryl methyl sites for hydroxylation is 1. The molecule has 2 rings (SSSR count). The van der Waals surface area contributed by atoms with Crippen LogP contribution in [0.5, 0.6) is 0 Å². The minimum atomic E-state index is 0.384. The fraction of sp³-hybridized carbons (Fsp3) is 0.200. The number of hydrogen-bond acceptors (Lipinski definition) is 6. The summed E-state index contributed by atoms with van der Waals surface area (Å²) in [6.45, 7) is 1.87. The lowest BCUT2D eigenvalue weighted by Gasteiger charge is -2.03. The first-order valence-corrected chi connectivity index (χ1v) is 5.52. The van der Waals surface area contributed by atoms with Crippen molar-refractivity contribution in [2.75, 3.05) is 12.4 Å². The van der Waals surface area contributed by atoms with E-state index < -0.39 is 0 Å². The minimum Gasteiger partial charge on any atom is -0.388 e. The van der Waals surface area contributed by atoms with Gasteiger partial charge in [0.25, 0.3) is 0 Å². The van der Waals surface area contributed by atoms with Gasteiger partial charge in [0.1, 0.15) is 15.7 Å². The fourth-order valence-corrected chi connectivity index (χ4v) is 2.06. The summed E-state index contributed by atoms with van der Waals surface area (Å²) in [6.07, 6.45) is 0. The Hall–Kier alpha value is -1.82. The third-order valence-corrected chi connectivity index (χ3v) is 3.01. The van der Waals surface area contributed by atoms with Gasteiger partial charge < -0.3 is 5.32 Å². The highest BCUT2D eigenvalue weighted by atomic mass is 32.1. The zero-order valence-electron chi connectivity index (χ0n) is 8.89. The van der Waals surface area contributed by atoms with Crippen LogP contribution in [-0.4, -0.2) is 17.2 Å². The molecule has 0 radical (unpaired) electrons. The molecule has 0 unspecified atom stereocenters. The quantitative estimate of drug-likeness (QED) is 0.829. The smallest absolute Gasteiger partial charge is 0.150 e. The van der Waals surface area contributed by atoms with Gasteiger partial charge in [0.2, 0.25) is 0 Å². The first-order chi connectivity index (χ1) is 7.74. The van der Waals surface area contributed by atoms with E-state index in [1.165, 1.54) is 11.3 Å². The molecule has 0 saturated carbocycles. The summed E-state index contributed by atoms with van der Waals surface area (Å²) in [5.41, 5.74) is 2.01. The maximum absolute atomic E-state index is 10.7. The van der Waals surface area contributed by atoms with Gasteiger partial charge in [-0.15, -0.1) is 15.1 Å². The average Bonchev–Trinajstić information content (AvgIpc) is 2.75. The van der Waals surface area contributed by atoms with Crippen LogP contribution in [0.15, 0.2) is 23.4 Å². The average molecular weight is 234 g/mol. The van der Waals surface area contributed by atoms with Crippen LogP contribution >= 0.6 is 11.3 Å². The van der Waals surface area contributed by atoms with Gasteiger partial charge in [0, 0.05) is 18.3 Å². The third-order valence-electron chi connectivity index (χ3n) is 2.14. The number of nitrogens with zero attached hydrogens (tertiary/aromatic N) is 3. The Bertz CT molecular complexity index is 523. The van der Waals surface area contributed by atoms with E-state index in [-0.39, 0.29) is 0 Å². The molecule has 5 nitrogen and oxygen atoms in total. The van der Waals surface area contributed by atoms with Crippen LogP contribution in [-0.2, 0) is 0 Å². The first kappa shape index (κ1) is 10.7. The number of rotatable bonds is 3. The van der Waals surface area contributed by atoms with Crippen LogP contribution in [0.4, 0.5) is 11.4 Å². The third kappa shape index (κ3) is 1.92. The molecule has 0 aliphatic carbocycles. The summed E-state index contributed by atoms with van der Waals surface area (Å²) in [4.78, 5) is 10.7. The van der Waals surface area contributed by atoms with Gasteiger partial charge in [0.15, 0.2) is 0 Å². The van der Waals surface area contributed by atoms with Crippen molar-refractivity contribution >= 4 is 22.7 Å². The predicted octanol–water partition coefficient (Wildman–Crippen LogP) is 2.95. The molecule has 0 spiro atoms. The Labute approximate surface area is 96.5 Å². The largest absolute Gasteiger partial charge is 0.388 e. The Balaban J connectivity index is 2.56. The van der Waals surface area contributed by atoms with E-state index in [0.717, 1.165) is 10.7 Å². The Kier molecular flexibility index (Phi) is 2.91. The van der Waals surface area contributed by atoms with Gasteiger partial charge >= 0.3 is 0 Å². The summed E-state index contributed by atoms with van der Waals surface area (Å²) in [6, 6.07) is 5.32. The number of aromatic nitrogens is 2. The summed E-state index contributed by atoms with van der Waals surface area (Å²) in [5.74, 6) is 0. The van der Waals surface area contributed by atoms with Crippen LogP contribution in [0, 0.1) is 11.8 Å². The lowest BCUT2D eigenvalue weighted by atomic mass is 10.1. The SMILES string of the molecule is CNc1ccc(N=O)c(-c2nnc(C)s2)c1. The molecule has 1 aromatic carbocycles. The van der Waals surface area contributed by atoms with Crippen LogP contribution in [0.2, 0.25) is 0 Å². The van der Waals surface area contributed by atoms with Crippen LogP contribution in [0.1, 0.15) is 5.01 Å². The van der Waals surface area contributed by atoms with Crippen molar-refractivity contribution in [1.29, 1.82) is 0 Å². The highest BCUT2D eigenvalue weighted by molar-refractivity contribution is 7.14. The molecule has 6 heteroatoms. The van der Waals surface area contributed by atoms with Crippen molar-refractivity contribution in [3.8, 4) is 10.6 Å². The van der Waals surface area contributed by atoms with Gasteiger partial charge in [-0.3, -0.25) is 0 Å². The molecular formula is C10H10N4OS. The molecule has 0 amide bonds. The normalized spacial score (nSPS) is 10.1. The molecule has 1 aromatic heterocycles. The van der Waals surface area contributed by atoms with E-state index >= 15 is 0 Å². The van der Waals surface area contributed by atoms with Gasteiger partial charge in [0.05, 0.1) is 0 Å². The highest BCUT2D eigenvalue weighted by Crippen LogP contribution is 2.34. The summed E-state index contributed by atoms with van der Waals surface area (Å²) in [7, 11) is 1.82. The van der Waals surface area contributed by atoms with Crippen molar-refractivity contribution in [2.24, 2.45) is 5.18 Å². The van der Waals surface area contributed by atoms with Gasteiger partial charge in [-0.05, 0) is 30.3 Å². The summed E-state index contributed by atoms with van der Waals surface area (Å²) >= 11 is 1.44. The molecule has 2 aromatic rings. The molecule has 0 aliphatic heterocycles. The van der Waals surface area contributed by atoms with Crippen LogP contribution < -0.4 is 5.32 Å². The Morgan fingerprint density at radius 1 is 1.38 bits per heavy atom. The zero-order valence-corrected chi connectivity index (χ0v) is 9.71. The summed E-state index contributed by atoms with van der Waals surface area (Å²) < 4.78 is 0. The van der Waals surface area contributed by atoms with E-state index in [1.54, 1.807) is 12.1 Å². The van der Waals surface area contributed by atoms with Crippen LogP contribution in [0.25, 0.3) is 10.6 Å². The van der Waals surface area contributed by atoms with Gasteiger partial charge in [-0.25, -0.2) is 0 Å². The molecule has 16 heavy (non-hydrogen) atoms. The minimum absolute atomic E-state index is 0.384. The lowest BCUT2D eigenvalue weighted by Crippen LogP contribution is -1.88. The van der Waals surface area contributed by atoms with Gasteiger partial charge in [-0.1, -0.05) is 11.3 Å². The maximum Gasteiger partial charge on any atom is 0.150 e. The predicted molar refractivity (Wildman–Crippen MR) is 65.1 cm³/mol. The molecular weight excluding hydrogens is 224 g/mol.